The Morgan fingerprint density at radius 1 is 1.11 bits per heavy atom. The predicted octanol–water partition coefficient (Wildman–Crippen LogP) is 2.57. The lowest BCUT2D eigenvalue weighted by atomic mass is 10.1. The Morgan fingerprint density at radius 3 is 2.39 bits per heavy atom. The molecule has 1 aliphatic heterocycles. The fraction of sp³-hybridized carbons (Fsp3) is 0.350. The highest BCUT2D eigenvalue weighted by Crippen LogP contribution is 2.30. The quantitative estimate of drug-likeness (QED) is 0.735. The van der Waals surface area contributed by atoms with Crippen molar-refractivity contribution >= 4 is 16.1 Å². The first-order valence-corrected chi connectivity index (χ1v) is 11.0. The molecule has 1 saturated heterocycles. The van der Waals surface area contributed by atoms with Gasteiger partial charge in [-0.25, -0.2) is 18.2 Å². The lowest BCUT2D eigenvalue weighted by molar-refractivity contribution is 0.181. The van der Waals surface area contributed by atoms with Crippen LogP contribution in [0.2, 0.25) is 0 Å². The average molecular weight is 404 g/mol. The number of carbonyl (C=O) groups is 1. The summed E-state index contributed by atoms with van der Waals surface area (Å²) in [5.41, 5.74) is 2.15. The summed E-state index contributed by atoms with van der Waals surface area (Å²) >= 11 is 0. The summed E-state index contributed by atoms with van der Waals surface area (Å²) in [6.07, 6.45) is 2.68. The second-order valence-electron chi connectivity index (χ2n) is 6.83. The van der Waals surface area contributed by atoms with E-state index in [2.05, 4.69) is 17.0 Å². The summed E-state index contributed by atoms with van der Waals surface area (Å²) in [5, 5.41) is 1.17. The third-order valence-electron chi connectivity index (χ3n) is 4.69. The molecule has 0 bridgehead atoms. The second kappa shape index (κ2) is 8.62. The number of aryl methyl sites for hydroxylation is 1. The van der Waals surface area contributed by atoms with Crippen molar-refractivity contribution in [1.29, 1.82) is 0 Å². The highest BCUT2D eigenvalue weighted by atomic mass is 32.2. The molecule has 150 valence electrons. The fourth-order valence-electron chi connectivity index (χ4n) is 3.38. The molecular weight excluding hydrogens is 378 g/mol. The van der Waals surface area contributed by atoms with Crippen LogP contribution in [0.3, 0.4) is 0 Å². The molecule has 3 rings (SSSR count). The number of rotatable bonds is 8. The first-order valence-electron chi connectivity index (χ1n) is 9.11. The van der Waals surface area contributed by atoms with E-state index >= 15 is 0 Å². The fourth-order valence-corrected chi connectivity index (χ4v) is 3.93. The lowest BCUT2D eigenvalue weighted by Gasteiger charge is -2.23. The van der Waals surface area contributed by atoms with Gasteiger partial charge in [0.25, 0.3) is 0 Å². The summed E-state index contributed by atoms with van der Waals surface area (Å²) in [6, 6.07) is 17.0. The molecule has 0 aromatic heterocycles. The summed E-state index contributed by atoms with van der Waals surface area (Å²) in [6.45, 7) is 0.788. The zero-order valence-corrected chi connectivity index (χ0v) is 16.9. The van der Waals surface area contributed by atoms with Crippen molar-refractivity contribution in [2.75, 3.05) is 26.5 Å². The van der Waals surface area contributed by atoms with Crippen LogP contribution < -0.4 is 9.57 Å². The van der Waals surface area contributed by atoms with Crippen molar-refractivity contribution in [3.8, 4) is 5.75 Å². The van der Waals surface area contributed by atoms with Gasteiger partial charge in [-0.3, -0.25) is 0 Å². The van der Waals surface area contributed by atoms with E-state index in [0.717, 1.165) is 30.4 Å². The van der Waals surface area contributed by atoms with Crippen molar-refractivity contribution in [1.82, 2.24) is 14.7 Å². The van der Waals surface area contributed by atoms with E-state index in [-0.39, 0.29) is 18.6 Å². The number of nitrogens with one attached hydrogen (secondary N) is 1. The topological polar surface area (TPSA) is 79.0 Å². The number of hydrogen-bond acceptors (Lipinski definition) is 4. The van der Waals surface area contributed by atoms with E-state index < -0.39 is 10.0 Å². The highest BCUT2D eigenvalue weighted by Gasteiger charge is 2.39. The molecule has 7 nitrogen and oxygen atoms in total. The van der Waals surface area contributed by atoms with Gasteiger partial charge < -0.3 is 9.64 Å². The molecule has 0 radical (unpaired) electrons. The molecule has 28 heavy (non-hydrogen) atoms. The number of sulfonamides is 1. The van der Waals surface area contributed by atoms with E-state index in [4.69, 9.17) is 4.74 Å². The zero-order valence-electron chi connectivity index (χ0n) is 16.0. The summed E-state index contributed by atoms with van der Waals surface area (Å²) in [4.78, 5) is 16.9. The van der Waals surface area contributed by atoms with Gasteiger partial charge in [-0.2, -0.15) is 0 Å². The van der Waals surface area contributed by atoms with Gasteiger partial charge in [0.1, 0.15) is 5.75 Å². The Hall–Kier alpha value is -2.58. The number of carbonyl (C=O) groups excluding carboxylic acids is 1. The minimum atomic E-state index is -3.54. The van der Waals surface area contributed by atoms with Crippen LogP contribution in [-0.4, -0.2) is 50.8 Å². The summed E-state index contributed by atoms with van der Waals surface area (Å²) in [7, 11) is -1.94. The number of nitrogens with zero attached hydrogens (tertiary/aromatic N) is 2. The van der Waals surface area contributed by atoms with Gasteiger partial charge in [0.2, 0.25) is 10.0 Å². The molecule has 1 fully saturated rings. The smallest absolute Gasteiger partial charge is 0.335 e. The SMILES string of the molecule is COc1ccc(C2CN(NS(C)(=O)=O)C(=O)N2CCCc2ccccc2)cc1. The third-order valence-corrected chi connectivity index (χ3v) is 5.24. The van der Waals surface area contributed by atoms with Gasteiger partial charge in [0.05, 0.1) is 26.0 Å². The minimum Gasteiger partial charge on any atom is -0.497 e. The predicted molar refractivity (Wildman–Crippen MR) is 107 cm³/mol. The Bertz CT molecular complexity index is 901. The van der Waals surface area contributed by atoms with Crippen molar-refractivity contribution < 1.29 is 17.9 Å². The molecule has 1 aliphatic rings. The van der Waals surface area contributed by atoms with Crippen LogP contribution in [0.1, 0.15) is 23.6 Å². The first kappa shape index (κ1) is 20.2. The maximum Gasteiger partial charge on any atom is 0.335 e. The number of hydrazine groups is 1. The van der Waals surface area contributed by atoms with E-state index in [1.807, 2.05) is 42.5 Å². The van der Waals surface area contributed by atoms with E-state index in [0.29, 0.717) is 6.54 Å². The monoisotopic (exact) mass is 403 g/mol. The van der Waals surface area contributed by atoms with Crippen LogP contribution in [0.5, 0.6) is 5.75 Å². The molecule has 1 atom stereocenters. The van der Waals surface area contributed by atoms with Crippen molar-refractivity contribution in [2.45, 2.75) is 18.9 Å². The molecule has 2 amide bonds. The van der Waals surface area contributed by atoms with Crippen molar-refractivity contribution in [3.05, 3.63) is 65.7 Å². The third kappa shape index (κ3) is 5.02. The molecule has 0 saturated carbocycles. The molecule has 1 N–H and O–H groups in total. The second-order valence-corrected chi connectivity index (χ2v) is 8.56. The number of methoxy groups -OCH3 is 1. The van der Waals surface area contributed by atoms with Crippen LogP contribution >= 0.6 is 0 Å². The maximum atomic E-state index is 12.8. The maximum absolute atomic E-state index is 12.8. The lowest BCUT2D eigenvalue weighted by Crippen LogP contribution is -2.44. The molecule has 1 heterocycles. The van der Waals surface area contributed by atoms with E-state index in [9.17, 15) is 13.2 Å². The molecule has 8 heteroatoms. The number of benzene rings is 2. The standard InChI is InChI=1S/C20H25N3O4S/c1-27-18-12-10-17(11-13-18)19-15-23(21-28(2,25)26)20(24)22(19)14-6-9-16-7-4-3-5-8-16/h3-5,7-8,10-13,19,21H,6,9,14-15H2,1-2H3. The van der Waals surface area contributed by atoms with Crippen LogP contribution in [0.25, 0.3) is 0 Å². The number of hydrogen-bond donors (Lipinski definition) is 1. The summed E-state index contributed by atoms with van der Waals surface area (Å²) < 4.78 is 28.4. The van der Waals surface area contributed by atoms with Gasteiger partial charge in [-0.15, -0.1) is 4.83 Å². The van der Waals surface area contributed by atoms with Crippen LogP contribution in [0.4, 0.5) is 4.79 Å². The van der Waals surface area contributed by atoms with Crippen molar-refractivity contribution in [3.63, 3.8) is 0 Å². The average Bonchev–Trinajstić information content (AvgIpc) is 2.97. The van der Waals surface area contributed by atoms with E-state index in [1.54, 1.807) is 12.0 Å². The van der Waals surface area contributed by atoms with Crippen LogP contribution in [0.15, 0.2) is 54.6 Å². The molecule has 0 spiro atoms. The molecule has 0 aliphatic carbocycles. The van der Waals surface area contributed by atoms with Crippen molar-refractivity contribution in [2.24, 2.45) is 0 Å². The Balaban J connectivity index is 1.76. The largest absolute Gasteiger partial charge is 0.497 e. The molecular formula is C20H25N3O4S. The normalized spacial score (nSPS) is 17.2. The molecule has 1 unspecified atom stereocenters. The minimum absolute atomic E-state index is 0.233. The van der Waals surface area contributed by atoms with Gasteiger partial charge in [-0.1, -0.05) is 42.5 Å². The Kier molecular flexibility index (Phi) is 6.21. The highest BCUT2D eigenvalue weighted by molar-refractivity contribution is 7.88. The first-order chi connectivity index (χ1) is 13.4. The number of amides is 2. The molecule has 2 aromatic carbocycles. The Morgan fingerprint density at radius 2 is 1.79 bits per heavy atom. The van der Waals surface area contributed by atoms with Crippen LogP contribution in [-0.2, 0) is 16.4 Å². The van der Waals surface area contributed by atoms with Gasteiger partial charge in [0, 0.05) is 6.54 Å². The van der Waals surface area contributed by atoms with Gasteiger partial charge in [0.15, 0.2) is 0 Å². The molecule has 2 aromatic rings. The van der Waals surface area contributed by atoms with Crippen LogP contribution in [0, 0.1) is 0 Å². The van der Waals surface area contributed by atoms with Gasteiger partial charge in [-0.05, 0) is 36.1 Å². The Labute approximate surface area is 165 Å². The number of ether oxygens (including phenoxy) is 1. The zero-order chi connectivity index (χ0) is 20.1. The summed E-state index contributed by atoms with van der Waals surface area (Å²) in [5.74, 6) is 0.731. The van der Waals surface area contributed by atoms with E-state index in [1.165, 1.54) is 10.6 Å². The van der Waals surface area contributed by atoms with Gasteiger partial charge >= 0.3 is 6.03 Å². The number of urea groups is 1.